The largest absolute Gasteiger partial charge is 0.493 e. The molecule has 1 aliphatic rings. The fourth-order valence-electron chi connectivity index (χ4n) is 2.84. The molecular weight excluding hydrogens is 342 g/mol. The van der Waals surface area contributed by atoms with Gasteiger partial charge in [-0.25, -0.2) is 0 Å². The molecule has 0 radical (unpaired) electrons. The Morgan fingerprint density at radius 3 is 2.73 bits per heavy atom. The molecule has 0 saturated carbocycles. The zero-order valence-corrected chi connectivity index (χ0v) is 17.3. The molecule has 0 saturated heterocycles. The Bertz CT molecular complexity index is 688. The van der Waals surface area contributed by atoms with Gasteiger partial charge in [-0.2, -0.15) is 0 Å². The van der Waals surface area contributed by atoms with Gasteiger partial charge in [-0.05, 0) is 17.5 Å². The van der Waals surface area contributed by atoms with Gasteiger partial charge >= 0.3 is 0 Å². The standard InChI is InChI=1S/C22H31NO2S/c1-7-15(2)23-21-13-17-9-8-10-18(19(17)14-26-21)16(3)25-12-11-20(24)22(4,5)6/h8-10,21,23H,2-3,7,11-14H2,1,4-6H3. The minimum absolute atomic E-state index is 0.209. The van der Waals surface area contributed by atoms with E-state index >= 15 is 0 Å². The maximum atomic E-state index is 12.0. The lowest BCUT2D eigenvalue weighted by molar-refractivity contribution is -0.126. The second-order valence-corrected chi connectivity index (χ2v) is 8.93. The van der Waals surface area contributed by atoms with Crippen LogP contribution in [0.1, 0.15) is 57.2 Å². The van der Waals surface area contributed by atoms with E-state index in [1.807, 2.05) is 32.5 Å². The molecule has 1 N–H and O–H groups in total. The number of thioether (sulfide) groups is 1. The third-order valence-corrected chi connectivity index (χ3v) is 5.78. The lowest BCUT2D eigenvalue weighted by atomic mass is 9.89. The van der Waals surface area contributed by atoms with Crippen LogP contribution in [-0.4, -0.2) is 17.8 Å². The van der Waals surface area contributed by atoms with Gasteiger partial charge in [-0.3, -0.25) is 4.79 Å². The fourth-order valence-corrected chi connectivity index (χ4v) is 4.10. The summed E-state index contributed by atoms with van der Waals surface area (Å²) in [6, 6.07) is 6.30. The first-order valence-electron chi connectivity index (χ1n) is 9.24. The van der Waals surface area contributed by atoms with Crippen LogP contribution in [0.4, 0.5) is 0 Å². The van der Waals surface area contributed by atoms with Crippen LogP contribution in [-0.2, 0) is 21.7 Å². The van der Waals surface area contributed by atoms with E-state index in [9.17, 15) is 4.79 Å². The van der Waals surface area contributed by atoms with Gasteiger partial charge < -0.3 is 10.1 Å². The Labute approximate surface area is 162 Å². The van der Waals surface area contributed by atoms with Gasteiger partial charge in [0.2, 0.25) is 0 Å². The summed E-state index contributed by atoms with van der Waals surface area (Å²) in [5, 5.41) is 3.86. The first-order chi connectivity index (χ1) is 12.2. The predicted octanol–water partition coefficient (Wildman–Crippen LogP) is 5.31. The number of carbonyl (C=O) groups excluding carboxylic acids is 1. The third-order valence-electron chi connectivity index (χ3n) is 4.64. The van der Waals surface area contributed by atoms with Gasteiger partial charge in [0, 0.05) is 35.3 Å². The zero-order valence-electron chi connectivity index (χ0n) is 16.5. The highest BCUT2D eigenvalue weighted by atomic mass is 32.2. The van der Waals surface area contributed by atoms with Crippen LogP contribution in [0.3, 0.4) is 0 Å². The number of fused-ring (bicyclic) bond motifs is 1. The van der Waals surface area contributed by atoms with Crippen LogP contribution in [0.5, 0.6) is 0 Å². The van der Waals surface area contributed by atoms with Crippen molar-refractivity contribution in [2.45, 2.75) is 58.1 Å². The summed E-state index contributed by atoms with van der Waals surface area (Å²) in [4.78, 5) is 12.0. The van der Waals surface area contributed by atoms with Crippen molar-refractivity contribution in [1.29, 1.82) is 0 Å². The Morgan fingerprint density at radius 2 is 2.08 bits per heavy atom. The molecule has 0 spiro atoms. The van der Waals surface area contributed by atoms with E-state index in [-0.39, 0.29) is 11.2 Å². The molecule has 0 aliphatic carbocycles. The molecule has 2 rings (SSSR count). The molecule has 1 aromatic carbocycles. The number of carbonyl (C=O) groups is 1. The Hall–Kier alpha value is -1.68. The topological polar surface area (TPSA) is 38.3 Å². The smallest absolute Gasteiger partial charge is 0.141 e. The molecule has 0 fully saturated rings. The van der Waals surface area contributed by atoms with Crippen LogP contribution in [0.15, 0.2) is 37.1 Å². The summed E-state index contributed by atoms with van der Waals surface area (Å²) in [6.07, 6.45) is 2.32. The first-order valence-corrected chi connectivity index (χ1v) is 10.3. The van der Waals surface area contributed by atoms with Gasteiger partial charge in [-0.15, -0.1) is 11.8 Å². The Kier molecular flexibility index (Phi) is 6.99. The minimum atomic E-state index is -0.322. The SMILES string of the molecule is C=C(CC)NC1Cc2cccc(C(=C)OCCC(=O)C(C)(C)C)c2CS1. The van der Waals surface area contributed by atoms with Crippen molar-refractivity contribution in [3.63, 3.8) is 0 Å². The number of hydrogen-bond acceptors (Lipinski definition) is 4. The van der Waals surface area contributed by atoms with Crippen LogP contribution in [0.2, 0.25) is 0 Å². The molecule has 3 nitrogen and oxygen atoms in total. The molecule has 4 heteroatoms. The molecular formula is C22H31NO2S. The number of allylic oxidation sites excluding steroid dienone is 1. The molecule has 0 bridgehead atoms. The van der Waals surface area contributed by atoms with Gasteiger partial charge in [0.05, 0.1) is 12.0 Å². The number of ether oxygens (including phenoxy) is 1. The summed E-state index contributed by atoms with van der Waals surface area (Å²) in [5.74, 6) is 1.79. The maximum absolute atomic E-state index is 12.0. The van der Waals surface area contributed by atoms with E-state index in [0.717, 1.165) is 29.9 Å². The van der Waals surface area contributed by atoms with Gasteiger partial charge in [-0.1, -0.05) is 59.1 Å². The second-order valence-electron chi connectivity index (χ2n) is 7.74. The highest BCUT2D eigenvalue weighted by Gasteiger charge is 2.23. The van der Waals surface area contributed by atoms with E-state index in [0.29, 0.717) is 24.2 Å². The molecule has 1 unspecified atom stereocenters. The lowest BCUT2D eigenvalue weighted by Gasteiger charge is -2.28. The lowest BCUT2D eigenvalue weighted by Crippen LogP contribution is -2.30. The van der Waals surface area contributed by atoms with Crippen molar-refractivity contribution in [1.82, 2.24) is 5.32 Å². The first kappa shape index (κ1) is 20.6. The van der Waals surface area contributed by atoms with Crippen LogP contribution >= 0.6 is 11.8 Å². The summed E-state index contributed by atoms with van der Waals surface area (Å²) in [6.45, 7) is 16.5. The Balaban J connectivity index is 1.99. The van der Waals surface area contributed by atoms with Gasteiger partial charge in [0.15, 0.2) is 0 Å². The zero-order chi connectivity index (χ0) is 19.3. The van der Waals surface area contributed by atoms with E-state index < -0.39 is 0 Å². The van der Waals surface area contributed by atoms with E-state index in [2.05, 4.69) is 43.6 Å². The number of rotatable bonds is 8. The highest BCUT2D eigenvalue weighted by molar-refractivity contribution is 7.99. The van der Waals surface area contributed by atoms with Crippen molar-refractivity contribution < 1.29 is 9.53 Å². The molecule has 1 aromatic rings. The summed E-state index contributed by atoms with van der Waals surface area (Å²) in [7, 11) is 0. The normalized spacial score (nSPS) is 16.5. The van der Waals surface area contributed by atoms with Crippen LogP contribution in [0, 0.1) is 5.41 Å². The number of nitrogens with one attached hydrogen (secondary N) is 1. The molecule has 1 heterocycles. The number of Topliss-reactive ketones (excluding diaryl/α,β-unsaturated/α-hetero) is 1. The Morgan fingerprint density at radius 1 is 1.35 bits per heavy atom. The minimum Gasteiger partial charge on any atom is -0.493 e. The quantitative estimate of drug-likeness (QED) is 0.627. The van der Waals surface area contributed by atoms with Crippen molar-refractivity contribution >= 4 is 23.3 Å². The van der Waals surface area contributed by atoms with Gasteiger partial charge in [0.25, 0.3) is 0 Å². The van der Waals surface area contributed by atoms with Crippen LogP contribution < -0.4 is 5.32 Å². The van der Waals surface area contributed by atoms with E-state index in [1.165, 1.54) is 11.1 Å². The predicted molar refractivity (Wildman–Crippen MR) is 112 cm³/mol. The summed E-state index contributed by atoms with van der Waals surface area (Å²) >= 11 is 1.89. The van der Waals surface area contributed by atoms with Crippen molar-refractivity contribution in [2.75, 3.05) is 6.61 Å². The molecule has 0 amide bonds. The van der Waals surface area contributed by atoms with Crippen molar-refractivity contribution in [3.05, 3.63) is 53.7 Å². The monoisotopic (exact) mass is 373 g/mol. The average molecular weight is 374 g/mol. The van der Waals surface area contributed by atoms with Crippen molar-refractivity contribution in [3.8, 4) is 0 Å². The highest BCUT2D eigenvalue weighted by Crippen LogP contribution is 2.34. The van der Waals surface area contributed by atoms with Gasteiger partial charge in [0.1, 0.15) is 11.5 Å². The number of hydrogen-bond donors (Lipinski definition) is 1. The average Bonchev–Trinajstić information content (AvgIpc) is 2.59. The second kappa shape index (κ2) is 8.81. The number of benzene rings is 1. The third kappa shape index (κ3) is 5.41. The fraction of sp³-hybridized carbons (Fsp3) is 0.500. The van der Waals surface area contributed by atoms with Crippen LogP contribution in [0.25, 0.3) is 5.76 Å². The molecule has 142 valence electrons. The van der Waals surface area contributed by atoms with E-state index in [1.54, 1.807) is 0 Å². The molecule has 1 aliphatic heterocycles. The molecule has 1 atom stereocenters. The summed E-state index contributed by atoms with van der Waals surface area (Å²) in [5.41, 5.74) is 4.45. The van der Waals surface area contributed by atoms with Crippen molar-refractivity contribution in [2.24, 2.45) is 5.41 Å². The van der Waals surface area contributed by atoms with E-state index in [4.69, 9.17) is 4.74 Å². The molecule has 0 aromatic heterocycles. The molecule has 26 heavy (non-hydrogen) atoms. The summed E-state index contributed by atoms with van der Waals surface area (Å²) < 4.78 is 5.81. The number of ketones is 1. The maximum Gasteiger partial charge on any atom is 0.141 e.